The molecule has 0 saturated heterocycles. The maximum absolute atomic E-state index is 5.67. The maximum atomic E-state index is 5.67. The first-order valence-corrected chi connectivity index (χ1v) is 10.1. The molecule has 0 saturated carbocycles. The van der Waals surface area contributed by atoms with Crippen molar-refractivity contribution in [2.75, 3.05) is 11.9 Å². The zero-order valence-electron chi connectivity index (χ0n) is 13.0. The van der Waals surface area contributed by atoms with Crippen molar-refractivity contribution in [3.05, 3.63) is 34.2 Å². The molecule has 4 heteroatoms. The van der Waals surface area contributed by atoms with Gasteiger partial charge in [0.05, 0.1) is 11.5 Å². The number of rotatable bonds is 6. The predicted molar refractivity (Wildman–Crippen MR) is 97.5 cm³/mol. The number of fused-ring (bicyclic) bond motifs is 1. The van der Waals surface area contributed by atoms with E-state index in [1.165, 1.54) is 34.4 Å². The molecule has 0 spiro atoms. The van der Waals surface area contributed by atoms with Crippen LogP contribution >= 0.6 is 27.3 Å². The average molecular weight is 380 g/mol. The number of aromatic nitrogens is 1. The van der Waals surface area contributed by atoms with E-state index >= 15 is 0 Å². The highest BCUT2D eigenvalue weighted by atomic mass is 79.9. The summed E-state index contributed by atoms with van der Waals surface area (Å²) in [5.74, 6) is 0.867. The molecule has 22 heavy (non-hydrogen) atoms. The highest BCUT2D eigenvalue weighted by molar-refractivity contribution is 9.09. The lowest BCUT2D eigenvalue weighted by molar-refractivity contribution is 0.280. The van der Waals surface area contributed by atoms with Crippen LogP contribution in [0, 0.1) is 0 Å². The normalized spacial score (nSPS) is 13.7. The molecule has 1 aromatic carbocycles. The summed E-state index contributed by atoms with van der Waals surface area (Å²) in [5, 5.41) is 2.17. The second-order valence-corrected chi connectivity index (χ2v) is 7.60. The van der Waals surface area contributed by atoms with Gasteiger partial charge in [0.1, 0.15) is 5.01 Å². The Bertz CT molecular complexity index is 615. The quantitative estimate of drug-likeness (QED) is 0.625. The first-order chi connectivity index (χ1) is 10.8. The summed E-state index contributed by atoms with van der Waals surface area (Å²) in [4.78, 5) is 6.01. The van der Waals surface area contributed by atoms with Gasteiger partial charge in [-0.2, -0.15) is 0 Å². The fourth-order valence-electron chi connectivity index (χ4n) is 2.90. The van der Waals surface area contributed by atoms with Gasteiger partial charge < -0.3 is 4.74 Å². The van der Waals surface area contributed by atoms with E-state index < -0.39 is 0 Å². The van der Waals surface area contributed by atoms with Crippen molar-refractivity contribution in [3.63, 3.8) is 0 Å². The second kappa shape index (κ2) is 7.60. The van der Waals surface area contributed by atoms with Crippen molar-refractivity contribution >= 4 is 27.3 Å². The van der Waals surface area contributed by atoms with Gasteiger partial charge in [0.25, 0.3) is 0 Å². The number of hydrogen-bond donors (Lipinski definition) is 0. The molecule has 0 bridgehead atoms. The predicted octanol–water partition coefficient (Wildman–Crippen LogP) is 5.42. The number of aryl methyl sites for hydroxylation is 3. The van der Waals surface area contributed by atoms with Gasteiger partial charge in [0.2, 0.25) is 5.88 Å². The Morgan fingerprint density at radius 1 is 1.27 bits per heavy atom. The molecule has 1 aromatic heterocycles. The van der Waals surface area contributed by atoms with Crippen LogP contribution < -0.4 is 4.74 Å². The lowest BCUT2D eigenvalue weighted by Gasteiger charge is -2.10. The van der Waals surface area contributed by atoms with E-state index in [-0.39, 0.29) is 0 Å². The number of nitrogens with zero attached hydrogens (tertiary/aromatic N) is 1. The van der Waals surface area contributed by atoms with Crippen LogP contribution in [0.1, 0.15) is 42.2 Å². The molecule has 0 unspecified atom stereocenters. The second-order valence-electron chi connectivity index (χ2n) is 5.73. The first kappa shape index (κ1) is 16.0. The van der Waals surface area contributed by atoms with Gasteiger partial charge >= 0.3 is 0 Å². The van der Waals surface area contributed by atoms with Crippen LogP contribution in [-0.2, 0) is 19.3 Å². The zero-order chi connectivity index (χ0) is 15.4. The van der Waals surface area contributed by atoms with Gasteiger partial charge in [-0.25, -0.2) is 4.98 Å². The Morgan fingerprint density at radius 2 is 2.18 bits per heavy atom. The summed E-state index contributed by atoms with van der Waals surface area (Å²) in [6.45, 7) is 3.06. The van der Waals surface area contributed by atoms with Gasteiger partial charge in [0.15, 0.2) is 0 Å². The molecule has 1 aliphatic rings. The maximum Gasteiger partial charge on any atom is 0.228 e. The molecular weight excluding hydrogens is 358 g/mol. The van der Waals surface area contributed by atoms with E-state index in [2.05, 4.69) is 41.1 Å². The van der Waals surface area contributed by atoms with Crippen molar-refractivity contribution < 1.29 is 4.74 Å². The molecule has 3 rings (SSSR count). The number of halogens is 1. The van der Waals surface area contributed by atoms with Gasteiger partial charge in [-0.3, -0.25) is 0 Å². The number of hydrogen-bond acceptors (Lipinski definition) is 3. The summed E-state index contributed by atoms with van der Waals surface area (Å²) >= 11 is 5.33. The molecule has 118 valence electrons. The average Bonchev–Trinajstić information content (AvgIpc) is 2.98. The van der Waals surface area contributed by atoms with Crippen LogP contribution in [-0.4, -0.2) is 16.9 Å². The fourth-order valence-corrected chi connectivity index (χ4v) is 4.22. The molecule has 2 heterocycles. The van der Waals surface area contributed by atoms with E-state index in [1.54, 1.807) is 11.3 Å². The standard InChI is InChI=1S/C18H22BrNOS/c1-2-5-14-12-15(9-8-13(14)6-3-10-19)18-20-17-16(22-18)7-4-11-21-17/h8-9,12H,2-7,10-11H2,1H3. The molecule has 0 N–H and O–H groups in total. The molecule has 2 nitrogen and oxygen atoms in total. The minimum Gasteiger partial charge on any atom is -0.477 e. The Balaban J connectivity index is 1.90. The SMILES string of the molecule is CCCc1cc(-c2nc3c(s2)CCCO3)ccc1CCCBr. The van der Waals surface area contributed by atoms with E-state index in [0.717, 1.165) is 48.5 Å². The molecule has 0 amide bonds. The number of alkyl halides is 1. The summed E-state index contributed by atoms with van der Waals surface area (Å²) in [6, 6.07) is 6.87. The third-order valence-electron chi connectivity index (χ3n) is 4.00. The van der Waals surface area contributed by atoms with Crippen LogP contribution in [0.5, 0.6) is 5.88 Å². The monoisotopic (exact) mass is 379 g/mol. The largest absolute Gasteiger partial charge is 0.477 e. The highest BCUT2D eigenvalue weighted by Crippen LogP contribution is 2.36. The van der Waals surface area contributed by atoms with Gasteiger partial charge in [-0.15, -0.1) is 11.3 Å². The molecule has 0 atom stereocenters. The van der Waals surface area contributed by atoms with Crippen molar-refractivity contribution in [2.45, 2.75) is 45.4 Å². The van der Waals surface area contributed by atoms with Crippen molar-refractivity contribution in [3.8, 4) is 16.5 Å². The summed E-state index contributed by atoms with van der Waals surface area (Å²) < 4.78 is 5.67. The first-order valence-electron chi connectivity index (χ1n) is 8.12. The molecular formula is C18H22BrNOS. The fraction of sp³-hybridized carbons (Fsp3) is 0.500. The minimum absolute atomic E-state index is 0.808. The summed E-state index contributed by atoms with van der Waals surface area (Å²) in [6.07, 6.45) is 6.89. The van der Waals surface area contributed by atoms with E-state index in [0.29, 0.717) is 0 Å². The molecule has 0 aliphatic carbocycles. The van der Waals surface area contributed by atoms with Crippen LogP contribution in [0.15, 0.2) is 18.2 Å². The molecule has 2 aromatic rings. The lowest BCUT2D eigenvalue weighted by Crippen LogP contribution is -2.06. The zero-order valence-corrected chi connectivity index (χ0v) is 15.4. The Hall–Kier alpha value is -0.870. The Kier molecular flexibility index (Phi) is 5.53. The van der Waals surface area contributed by atoms with E-state index in [1.807, 2.05) is 0 Å². The lowest BCUT2D eigenvalue weighted by atomic mass is 9.97. The third-order valence-corrected chi connectivity index (χ3v) is 5.71. The smallest absolute Gasteiger partial charge is 0.228 e. The van der Waals surface area contributed by atoms with E-state index in [9.17, 15) is 0 Å². The van der Waals surface area contributed by atoms with Gasteiger partial charge in [0, 0.05) is 10.9 Å². The van der Waals surface area contributed by atoms with Crippen molar-refractivity contribution in [2.24, 2.45) is 0 Å². The van der Waals surface area contributed by atoms with Crippen LogP contribution in [0.25, 0.3) is 10.6 Å². The third kappa shape index (κ3) is 3.54. The van der Waals surface area contributed by atoms with Crippen molar-refractivity contribution in [1.82, 2.24) is 4.98 Å². The van der Waals surface area contributed by atoms with Crippen molar-refractivity contribution in [1.29, 1.82) is 0 Å². The molecule has 1 aliphatic heterocycles. The summed E-state index contributed by atoms with van der Waals surface area (Å²) in [7, 11) is 0. The van der Waals surface area contributed by atoms with Gasteiger partial charge in [-0.05, 0) is 49.3 Å². The Morgan fingerprint density at radius 3 is 2.95 bits per heavy atom. The number of thiazole rings is 1. The van der Waals surface area contributed by atoms with E-state index in [4.69, 9.17) is 9.72 Å². The summed E-state index contributed by atoms with van der Waals surface area (Å²) in [5.41, 5.74) is 4.21. The topological polar surface area (TPSA) is 22.1 Å². The van der Waals surface area contributed by atoms with Gasteiger partial charge in [-0.1, -0.05) is 41.4 Å². The molecule has 0 radical (unpaired) electrons. The van der Waals surface area contributed by atoms with Crippen LogP contribution in [0.2, 0.25) is 0 Å². The number of ether oxygens (including phenoxy) is 1. The number of benzene rings is 1. The van der Waals surface area contributed by atoms with Crippen LogP contribution in [0.3, 0.4) is 0 Å². The minimum atomic E-state index is 0.808. The Labute approximate surface area is 145 Å². The highest BCUT2D eigenvalue weighted by Gasteiger charge is 2.17. The van der Waals surface area contributed by atoms with Crippen LogP contribution in [0.4, 0.5) is 0 Å². The molecule has 0 fully saturated rings.